The molecule has 7 heteroatoms. The highest BCUT2D eigenvalue weighted by molar-refractivity contribution is 5.94. The molecule has 3 rings (SSSR count). The Bertz CT molecular complexity index is 842. The van der Waals surface area contributed by atoms with Gasteiger partial charge in [0.15, 0.2) is 11.6 Å². The third-order valence-electron chi connectivity index (χ3n) is 4.29. The van der Waals surface area contributed by atoms with Crippen molar-refractivity contribution in [3.8, 4) is 5.75 Å². The minimum Gasteiger partial charge on any atom is -0.494 e. The lowest BCUT2D eigenvalue weighted by atomic mass is 10.1. The maximum atomic E-state index is 13.5. The number of hydrogen-bond acceptors (Lipinski definition) is 4. The second-order valence-corrected chi connectivity index (χ2v) is 6.01. The summed E-state index contributed by atoms with van der Waals surface area (Å²) in [5.41, 5.74) is 1.64. The molecule has 1 aliphatic heterocycles. The smallest absolute Gasteiger partial charge is 0.254 e. The van der Waals surface area contributed by atoms with Crippen molar-refractivity contribution in [1.29, 1.82) is 0 Å². The number of H-pyrrole nitrogens is 1. The van der Waals surface area contributed by atoms with Crippen LogP contribution in [-0.4, -0.2) is 49.1 Å². The molecule has 132 valence electrons. The summed E-state index contributed by atoms with van der Waals surface area (Å²) in [6.07, 6.45) is 0. The number of amides is 1. The van der Waals surface area contributed by atoms with Crippen LogP contribution in [0.3, 0.4) is 0 Å². The Morgan fingerprint density at radius 3 is 2.52 bits per heavy atom. The molecule has 0 atom stereocenters. The zero-order chi connectivity index (χ0) is 18.0. The lowest BCUT2D eigenvalue weighted by Gasteiger charge is -2.36. The first kappa shape index (κ1) is 17.0. The number of pyridine rings is 1. The minimum absolute atomic E-state index is 0.148. The number of nitrogens with zero attached hydrogens (tertiary/aromatic N) is 2. The number of hydrogen-bond donors (Lipinski definition) is 1. The van der Waals surface area contributed by atoms with Crippen LogP contribution >= 0.6 is 0 Å². The Kier molecular flexibility index (Phi) is 4.74. The molecule has 0 aliphatic carbocycles. The predicted octanol–water partition coefficient (Wildman–Crippen LogP) is 1.79. The number of methoxy groups -OCH3 is 1. The first-order chi connectivity index (χ1) is 12.0. The van der Waals surface area contributed by atoms with Crippen LogP contribution < -0.4 is 15.2 Å². The number of ether oxygens (including phenoxy) is 1. The molecule has 1 saturated heterocycles. The molecule has 1 aromatic heterocycles. The van der Waals surface area contributed by atoms with Crippen molar-refractivity contribution in [2.45, 2.75) is 6.92 Å². The van der Waals surface area contributed by atoms with E-state index in [9.17, 15) is 14.0 Å². The molecule has 1 amide bonds. The topological polar surface area (TPSA) is 65.6 Å². The van der Waals surface area contributed by atoms with Crippen molar-refractivity contribution in [2.75, 3.05) is 38.2 Å². The van der Waals surface area contributed by atoms with E-state index in [1.165, 1.54) is 19.2 Å². The van der Waals surface area contributed by atoms with E-state index in [0.717, 1.165) is 5.69 Å². The molecular formula is C18H20FN3O3. The number of aromatic amines is 1. The molecule has 0 unspecified atom stereocenters. The van der Waals surface area contributed by atoms with Gasteiger partial charge in [0, 0.05) is 55.3 Å². The average Bonchev–Trinajstić information content (AvgIpc) is 2.61. The average molecular weight is 345 g/mol. The maximum absolute atomic E-state index is 13.5. The number of piperazine rings is 1. The largest absolute Gasteiger partial charge is 0.494 e. The van der Waals surface area contributed by atoms with Gasteiger partial charge in [-0.1, -0.05) is 0 Å². The van der Waals surface area contributed by atoms with Crippen LogP contribution in [0, 0.1) is 12.7 Å². The summed E-state index contributed by atoms with van der Waals surface area (Å²) in [5.74, 6) is -0.342. The maximum Gasteiger partial charge on any atom is 0.254 e. The Morgan fingerprint density at radius 2 is 1.88 bits per heavy atom. The summed E-state index contributed by atoms with van der Waals surface area (Å²) >= 11 is 0. The van der Waals surface area contributed by atoms with Crippen LogP contribution in [0.2, 0.25) is 0 Å². The summed E-state index contributed by atoms with van der Waals surface area (Å²) in [5, 5.41) is 0. The van der Waals surface area contributed by atoms with Crippen molar-refractivity contribution in [2.24, 2.45) is 0 Å². The van der Waals surface area contributed by atoms with Crippen molar-refractivity contribution >= 4 is 11.6 Å². The van der Waals surface area contributed by atoms with E-state index in [4.69, 9.17) is 4.74 Å². The molecule has 0 bridgehead atoms. The van der Waals surface area contributed by atoms with Gasteiger partial charge in [0.2, 0.25) is 5.56 Å². The van der Waals surface area contributed by atoms with E-state index in [1.807, 2.05) is 0 Å². The molecular weight excluding hydrogens is 325 g/mol. The Hall–Kier alpha value is -2.83. The van der Waals surface area contributed by atoms with Crippen molar-refractivity contribution in [3.63, 3.8) is 0 Å². The molecule has 6 nitrogen and oxygen atoms in total. The molecule has 1 aromatic carbocycles. The predicted molar refractivity (Wildman–Crippen MR) is 92.9 cm³/mol. The Labute approximate surface area is 144 Å². The van der Waals surface area contributed by atoms with E-state index in [2.05, 4.69) is 9.88 Å². The number of aromatic nitrogens is 1. The minimum atomic E-state index is -0.398. The van der Waals surface area contributed by atoms with Gasteiger partial charge >= 0.3 is 0 Å². The second-order valence-electron chi connectivity index (χ2n) is 6.01. The summed E-state index contributed by atoms with van der Waals surface area (Å²) in [6, 6.07) is 7.75. The Balaban J connectivity index is 1.69. The number of benzene rings is 1. The van der Waals surface area contributed by atoms with Gasteiger partial charge in [0.25, 0.3) is 5.91 Å². The SMILES string of the molecule is COc1cc(N2CCN(C(=O)c3cc(C)[nH]c(=O)c3)CC2)ccc1F. The number of nitrogens with one attached hydrogen (secondary N) is 1. The van der Waals surface area contributed by atoms with E-state index < -0.39 is 5.82 Å². The van der Waals surface area contributed by atoms with Crippen molar-refractivity contribution in [1.82, 2.24) is 9.88 Å². The van der Waals surface area contributed by atoms with Crippen molar-refractivity contribution < 1.29 is 13.9 Å². The number of halogens is 1. The van der Waals surface area contributed by atoms with Crippen molar-refractivity contribution in [3.05, 3.63) is 57.8 Å². The number of aryl methyl sites for hydroxylation is 1. The lowest BCUT2D eigenvalue weighted by molar-refractivity contribution is 0.0746. The highest BCUT2D eigenvalue weighted by atomic mass is 19.1. The van der Waals surface area contributed by atoms with E-state index in [-0.39, 0.29) is 17.2 Å². The lowest BCUT2D eigenvalue weighted by Crippen LogP contribution is -2.49. The first-order valence-electron chi connectivity index (χ1n) is 8.06. The van der Waals surface area contributed by atoms with E-state index in [0.29, 0.717) is 37.4 Å². The third-order valence-corrected chi connectivity index (χ3v) is 4.29. The quantitative estimate of drug-likeness (QED) is 0.921. The zero-order valence-corrected chi connectivity index (χ0v) is 14.2. The number of carbonyl (C=O) groups is 1. The van der Waals surface area contributed by atoms with Crippen LogP contribution in [0.4, 0.5) is 10.1 Å². The molecule has 2 aromatic rings. The Morgan fingerprint density at radius 1 is 1.16 bits per heavy atom. The number of carbonyl (C=O) groups excluding carboxylic acids is 1. The summed E-state index contributed by atoms with van der Waals surface area (Å²) in [4.78, 5) is 30.6. The van der Waals surface area contributed by atoms with E-state index in [1.54, 1.807) is 30.0 Å². The van der Waals surface area contributed by atoms with Gasteiger partial charge in [-0.25, -0.2) is 4.39 Å². The van der Waals surface area contributed by atoms with Crippen LogP contribution in [0.1, 0.15) is 16.1 Å². The third kappa shape index (κ3) is 3.65. The van der Waals surface area contributed by atoms with E-state index >= 15 is 0 Å². The van der Waals surface area contributed by atoms with Gasteiger partial charge in [-0.2, -0.15) is 0 Å². The molecule has 2 heterocycles. The van der Waals surface area contributed by atoms with Crippen LogP contribution in [0.25, 0.3) is 0 Å². The number of rotatable bonds is 3. The molecule has 1 aliphatic rings. The fraction of sp³-hybridized carbons (Fsp3) is 0.333. The molecule has 25 heavy (non-hydrogen) atoms. The molecule has 1 fully saturated rings. The van der Waals surface area contributed by atoms with Gasteiger partial charge in [0.05, 0.1) is 7.11 Å². The fourth-order valence-corrected chi connectivity index (χ4v) is 3.00. The standard InChI is InChI=1S/C18H20FN3O3/c1-12-9-13(10-17(23)20-12)18(24)22-7-5-21(6-8-22)14-3-4-15(19)16(11-14)25-2/h3-4,9-11H,5-8H2,1-2H3,(H,20,23). The molecule has 0 saturated carbocycles. The van der Waals surface area contributed by atoms with Crippen LogP contribution in [0.15, 0.2) is 35.1 Å². The number of anilines is 1. The van der Waals surface area contributed by atoms with Crippen LogP contribution in [-0.2, 0) is 0 Å². The zero-order valence-electron chi connectivity index (χ0n) is 14.2. The van der Waals surface area contributed by atoms with Gasteiger partial charge in [0.1, 0.15) is 0 Å². The van der Waals surface area contributed by atoms with Gasteiger partial charge in [-0.15, -0.1) is 0 Å². The molecule has 1 N–H and O–H groups in total. The fourth-order valence-electron chi connectivity index (χ4n) is 3.00. The van der Waals surface area contributed by atoms with Gasteiger partial charge in [-0.05, 0) is 25.1 Å². The highest BCUT2D eigenvalue weighted by Crippen LogP contribution is 2.25. The highest BCUT2D eigenvalue weighted by Gasteiger charge is 2.23. The monoisotopic (exact) mass is 345 g/mol. The molecule has 0 radical (unpaired) electrons. The summed E-state index contributed by atoms with van der Waals surface area (Å²) < 4.78 is 18.6. The first-order valence-corrected chi connectivity index (χ1v) is 8.06. The summed E-state index contributed by atoms with van der Waals surface area (Å²) in [6.45, 7) is 4.07. The van der Waals surface area contributed by atoms with Gasteiger partial charge in [-0.3, -0.25) is 9.59 Å². The van der Waals surface area contributed by atoms with Gasteiger partial charge < -0.3 is 19.5 Å². The van der Waals surface area contributed by atoms with Crippen LogP contribution in [0.5, 0.6) is 5.75 Å². The summed E-state index contributed by atoms with van der Waals surface area (Å²) in [7, 11) is 1.43. The second kappa shape index (κ2) is 6.96. The molecule has 0 spiro atoms. The normalized spacial score (nSPS) is 14.5.